The molecular weight excluding hydrogens is 326 g/mol. The molecule has 0 atom stereocenters. The fraction of sp³-hybridized carbons (Fsp3) is 0.714. The Kier molecular flexibility index (Phi) is 3.24. The second kappa shape index (κ2) is 5.42. The second-order valence-corrected chi connectivity index (χ2v) is 10.5. The highest BCUT2D eigenvalue weighted by atomic mass is 32.1. The number of nitrogens with zero attached hydrogens (tertiary/aromatic N) is 2. The average molecular weight is 354 g/mol. The van der Waals surface area contributed by atoms with Crippen molar-refractivity contribution in [2.45, 2.75) is 64.2 Å². The van der Waals surface area contributed by atoms with E-state index in [1.807, 2.05) is 11.3 Å². The van der Waals surface area contributed by atoms with Crippen molar-refractivity contribution in [3.63, 3.8) is 0 Å². The predicted octanol–water partition coefficient (Wildman–Crippen LogP) is 5.20. The lowest BCUT2D eigenvalue weighted by atomic mass is 9.49. The van der Waals surface area contributed by atoms with Gasteiger partial charge in [0.15, 0.2) is 0 Å². The van der Waals surface area contributed by atoms with Crippen LogP contribution >= 0.6 is 11.3 Å². The molecule has 0 spiro atoms. The molecule has 7 rings (SSSR count). The normalized spacial score (nSPS) is 35.9. The average Bonchev–Trinajstić information content (AvgIpc) is 2.98. The molecule has 5 aliphatic carbocycles. The lowest BCUT2D eigenvalue weighted by molar-refractivity contribution is -0.0444. The van der Waals surface area contributed by atoms with Gasteiger partial charge in [0, 0.05) is 11.4 Å². The van der Waals surface area contributed by atoms with Gasteiger partial charge in [-0.1, -0.05) is 0 Å². The quantitative estimate of drug-likeness (QED) is 0.824. The van der Waals surface area contributed by atoms with Crippen molar-refractivity contribution in [3.05, 3.63) is 16.8 Å². The number of nitrogens with one attached hydrogen (secondary N) is 1. The largest absolute Gasteiger partial charge is 0.369 e. The molecule has 1 N–H and O–H groups in total. The molecule has 4 bridgehead atoms. The zero-order valence-electron chi connectivity index (χ0n) is 14.9. The van der Waals surface area contributed by atoms with E-state index in [-0.39, 0.29) is 0 Å². The van der Waals surface area contributed by atoms with E-state index >= 15 is 0 Å². The SMILES string of the molecule is c1nc(NCC23CC4CC(CC(C4)C2)C3)c2c3c(sc2n1)CCCC3. The molecule has 0 unspecified atom stereocenters. The van der Waals surface area contributed by atoms with E-state index in [2.05, 4.69) is 15.3 Å². The van der Waals surface area contributed by atoms with Gasteiger partial charge in [-0.15, -0.1) is 11.3 Å². The van der Waals surface area contributed by atoms with Gasteiger partial charge in [-0.3, -0.25) is 0 Å². The Labute approximate surface area is 153 Å². The Morgan fingerprint density at radius 3 is 2.48 bits per heavy atom. The van der Waals surface area contributed by atoms with E-state index in [1.165, 1.54) is 74.4 Å². The van der Waals surface area contributed by atoms with Crippen molar-refractivity contribution < 1.29 is 0 Å². The fourth-order valence-electron chi connectivity index (χ4n) is 7.00. The van der Waals surface area contributed by atoms with Crippen LogP contribution in [-0.4, -0.2) is 16.5 Å². The van der Waals surface area contributed by atoms with Gasteiger partial charge in [0.2, 0.25) is 0 Å². The van der Waals surface area contributed by atoms with Crippen LogP contribution in [0.5, 0.6) is 0 Å². The summed E-state index contributed by atoms with van der Waals surface area (Å²) in [7, 11) is 0. The topological polar surface area (TPSA) is 37.8 Å². The molecule has 0 aromatic carbocycles. The first kappa shape index (κ1) is 15.0. The summed E-state index contributed by atoms with van der Waals surface area (Å²) < 4.78 is 0. The van der Waals surface area contributed by atoms with Crippen LogP contribution < -0.4 is 5.32 Å². The third-order valence-electron chi connectivity index (χ3n) is 7.55. The number of hydrogen-bond donors (Lipinski definition) is 1. The molecule has 5 aliphatic rings. The van der Waals surface area contributed by atoms with Crippen LogP contribution in [0.3, 0.4) is 0 Å². The summed E-state index contributed by atoms with van der Waals surface area (Å²) >= 11 is 1.91. The molecule has 4 saturated carbocycles. The molecule has 25 heavy (non-hydrogen) atoms. The molecule has 0 saturated heterocycles. The minimum atomic E-state index is 0.558. The van der Waals surface area contributed by atoms with E-state index in [1.54, 1.807) is 16.8 Å². The fourth-order valence-corrected chi connectivity index (χ4v) is 8.23. The summed E-state index contributed by atoms with van der Waals surface area (Å²) in [5, 5.41) is 5.19. The summed E-state index contributed by atoms with van der Waals surface area (Å²) in [6.07, 6.45) is 15.8. The Morgan fingerprint density at radius 1 is 1.00 bits per heavy atom. The first-order chi connectivity index (χ1) is 12.3. The molecule has 2 aromatic heterocycles. The lowest BCUT2D eigenvalue weighted by Gasteiger charge is -2.57. The van der Waals surface area contributed by atoms with Crippen LogP contribution in [0.1, 0.15) is 61.8 Å². The van der Waals surface area contributed by atoms with Crippen LogP contribution in [0, 0.1) is 23.2 Å². The van der Waals surface area contributed by atoms with Gasteiger partial charge >= 0.3 is 0 Å². The zero-order chi connectivity index (χ0) is 16.4. The van der Waals surface area contributed by atoms with Gasteiger partial charge in [-0.2, -0.15) is 0 Å². The van der Waals surface area contributed by atoms with Crippen molar-refractivity contribution in [3.8, 4) is 0 Å². The minimum absolute atomic E-state index is 0.558. The van der Waals surface area contributed by atoms with E-state index in [0.29, 0.717) is 5.41 Å². The first-order valence-electron chi connectivity index (χ1n) is 10.3. The van der Waals surface area contributed by atoms with Crippen molar-refractivity contribution in [1.82, 2.24) is 9.97 Å². The highest BCUT2D eigenvalue weighted by molar-refractivity contribution is 7.19. The smallest absolute Gasteiger partial charge is 0.138 e. The number of anilines is 1. The molecule has 0 aliphatic heterocycles. The Hall–Kier alpha value is -1.16. The molecule has 4 fully saturated rings. The monoisotopic (exact) mass is 353 g/mol. The summed E-state index contributed by atoms with van der Waals surface area (Å²) in [4.78, 5) is 12.1. The Bertz CT molecular complexity index is 789. The molecule has 4 heteroatoms. The van der Waals surface area contributed by atoms with Gasteiger partial charge in [0.05, 0.1) is 5.39 Å². The maximum atomic E-state index is 4.69. The number of aromatic nitrogens is 2. The third kappa shape index (κ3) is 2.36. The van der Waals surface area contributed by atoms with E-state index in [4.69, 9.17) is 0 Å². The number of aryl methyl sites for hydroxylation is 2. The Morgan fingerprint density at radius 2 is 1.72 bits per heavy atom. The Balaban J connectivity index is 1.31. The van der Waals surface area contributed by atoms with E-state index in [0.717, 1.165) is 30.1 Å². The van der Waals surface area contributed by atoms with E-state index < -0.39 is 0 Å². The maximum absolute atomic E-state index is 4.69. The number of thiophene rings is 1. The van der Waals surface area contributed by atoms with Crippen molar-refractivity contribution >= 4 is 27.4 Å². The van der Waals surface area contributed by atoms with Crippen LogP contribution in [0.25, 0.3) is 10.2 Å². The molecular formula is C21H27N3S. The first-order valence-corrected chi connectivity index (χ1v) is 11.1. The molecule has 0 amide bonds. The summed E-state index contributed by atoms with van der Waals surface area (Å²) in [5.74, 6) is 4.19. The van der Waals surface area contributed by atoms with Crippen molar-refractivity contribution in [2.75, 3.05) is 11.9 Å². The highest BCUT2D eigenvalue weighted by Crippen LogP contribution is 2.60. The van der Waals surface area contributed by atoms with Gasteiger partial charge in [-0.05, 0) is 92.9 Å². The molecule has 2 aromatic rings. The second-order valence-electron chi connectivity index (χ2n) is 9.38. The summed E-state index contributed by atoms with van der Waals surface area (Å²) in [6, 6.07) is 0. The number of rotatable bonds is 3. The molecule has 132 valence electrons. The third-order valence-corrected chi connectivity index (χ3v) is 8.75. The molecule has 3 nitrogen and oxygen atoms in total. The highest BCUT2D eigenvalue weighted by Gasteiger charge is 2.50. The summed E-state index contributed by atoms with van der Waals surface area (Å²) in [6.45, 7) is 1.13. The van der Waals surface area contributed by atoms with Gasteiger partial charge in [0.25, 0.3) is 0 Å². The van der Waals surface area contributed by atoms with Gasteiger partial charge < -0.3 is 5.32 Å². The molecule has 2 heterocycles. The predicted molar refractivity (Wildman–Crippen MR) is 103 cm³/mol. The van der Waals surface area contributed by atoms with Crippen molar-refractivity contribution in [1.29, 1.82) is 0 Å². The van der Waals surface area contributed by atoms with Crippen LogP contribution in [0.15, 0.2) is 6.33 Å². The lowest BCUT2D eigenvalue weighted by Crippen LogP contribution is -2.49. The van der Waals surface area contributed by atoms with Gasteiger partial charge in [0.1, 0.15) is 17.0 Å². The van der Waals surface area contributed by atoms with Crippen LogP contribution in [-0.2, 0) is 12.8 Å². The molecule has 0 radical (unpaired) electrons. The van der Waals surface area contributed by atoms with Crippen LogP contribution in [0.4, 0.5) is 5.82 Å². The number of hydrogen-bond acceptors (Lipinski definition) is 4. The van der Waals surface area contributed by atoms with Gasteiger partial charge in [-0.25, -0.2) is 9.97 Å². The standard InChI is InChI=1S/C21H27N3S/c1-2-4-17-16(3-1)18-19(23-12-24-20(18)25-17)22-11-21-8-13-5-14(9-21)7-15(6-13)10-21/h12-15H,1-11H2,(H,22,23,24). The zero-order valence-corrected chi connectivity index (χ0v) is 15.7. The number of fused-ring (bicyclic) bond motifs is 3. The van der Waals surface area contributed by atoms with E-state index in [9.17, 15) is 0 Å². The summed E-state index contributed by atoms with van der Waals surface area (Å²) in [5.41, 5.74) is 2.11. The minimum Gasteiger partial charge on any atom is -0.369 e. The maximum Gasteiger partial charge on any atom is 0.138 e. The van der Waals surface area contributed by atoms with Crippen LogP contribution in [0.2, 0.25) is 0 Å². The van der Waals surface area contributed by atoms with Crippen molar-refractivity contribution in [2.24, 2.45) is 23.2 Å².